The highest BCUT2D eigenvalue weighted by Gasteiger charge is 2.19. The number of esters is 3. The monoisotopic (exact) mass is 961 g/mol. The van der Waals surface area contributed by atoms with Crippen LogP contribution in [0.4, 0.5) is 0 Å². The van der Waals surface area contributed by atoms with E-state index >= 15 is 0 Å². The summed E-state index contributed by atoms with van der Waals surface area (Å²) in [5.41, 5.74) is 0. The number of unbranched alkanes of at least 4 members (excludes halogenated alkanes) is 40. The molecule has 0 saturated carbocycles. The molecule has 68 heavy (non-hydrogen) atoms. The van der Waals surface area contributed by atoms with Gasteiger partial charge in [0.1, 0.15) is 13.2 Å². The topological polar surface area (TPSA) is 78.9 Å². The molecule has 0 aromatic rings. The van der Waals surface area contributed by atoms with Crippen LogP contribution < -0.4 is 0 Å². The molecule has 0 aliphatic carbocycles. The maximum atomic E-state index is 12.9. The lowest BCUT2D eigenvalue weighted by atomic mass is 9.99. The van der Waals surface area contributed by atoms with Crippen LogP contribution in [0.25, 0.3) is 0 Å². The van der Waals surface area contributed by atoms with Crippen LogP contribution in [0.2, 0.25) is 0 Å². The Labute approximate surface area is 425 Å². The predicted octanol–water partition coefficient (Wildman–Crippen LogP) is 20.4. The highest BCUT2D eigenvalue weighted by Crippen LogP contribution is 2.19. The highest BCUT2D eigenvalue weighted by molar-refractivity contribution is 5.71. The van der Waals surface area contributed by atoms with Crippen LogP contribution in [0.5, 0.6) is 0 Å². The van der Waals surface area contributed by atoms with Crippen LogP contribution in [0, 0.1) is 11.8 Å². The molecule has 404 valence electrons. The third-order valence-electron chi connectivity index (χ3n) is 14.6. The first kappa shape index (κ1) is 66.4. The Morgan fingerprint density at radius 3 is 0.838 bits per heavy atom. The lowest BCUT2D eigenvalue weighted by molar-refractivity contribution is -0.167. The Morgan fingerprint density at radius 1 is 0.309 bits per heavy atom. The molecule has 0 spiro atoms. The van der Waals surface area contributed by atoms with E-state index in [0.717, 1.165) is 69.6 Å². The zero-order chi connectivity index (χ0) is 49.6. The zero-order valence-electron chi connectivity index (χ0n) is 46.7. The van der Waals surface area contributed by atoms with Crippen molar-refractivity contribution in [2.45, 2.75) is 355 Å². The molecular weight excluding hydrogens is 841 g/mol. The summed E-state index contributed by atoms with van der Waals surface area (Å²) in [6, 6.07) is 0. The molecule has 0 bridgehead atoms. The minimum Gasteiger partial charge on any atom is -0.462 e. The zero-order valence-corrected chi connectivity index (χ0v) is 46.7. The first-order chi connectivity index (χ1) is 33.3. The second-order valence-electron chi connectivity index (χ2n) is 22.1. The van der Waals surface area contributed by atoms with Gasteiger partial charge in [0.25, 0.3) is 0 Å². The molecule has 0 radical (unpaired) electrons. The molecule has 0 N–H and O–H groups in total. The van der Waals surface area contributed by atoms with E-state index in [4.69, 9.17) is 14.2 Å². The highest BCUT2D eigenvalue weighted by atomic mass is 16.6. The SMILES string of the molecule is CCCCCCCCCCCCC(=O)OC[C@@H](COC(=O)CCCCCCCCCCCCCCCCCCCCC(C)CC)OC(=O)CCCCCCCCCCCCCCCCCC(C)C. The standard InChI is InChI=1S/C62H120O6/c1-6-8-9-10-11-12-32-37-42-47-52-60(63)66-55-59(68-62(65)54-49-44-39-34-29-25-21-17-18-22-26-30-35-40-45-50-57(3)4)56-67-61(64)53-48-43-38-33-28-24-20-16-14-13-15-19-23-27-31-36-41-46-51-58(5)7-2/h57-59H,6-56H2,1-5H3/t58?,59-/m0/s1. The van der Waals surface area contributed by atoms with Crippen molar-refractivity contribution in [1.29, 1.82) is 0 Å². The molecule has 0 amide bonds. The molecule has 0 aromatic heterocycles. The molecule has 1 unspecified atom stereocenters. The Morgan fingerprint density at radius 2 is 0.559 bits per heavy atom. The second kappa shape index (κ2) is 54.7. The number of carbonyl (C=O) groups is 3. The van der Waals surface area contributed by atoms with Crippen molar-refractivity contribution in [3.8, 4) is 0 Å². The largest absolute Gasteiger partial charge is 0.462 e. The van der Waals surface area contributed by atoms with Crippen LogP contribution in [-0.4, -0.2) is 37.2 Å². The van der Waals surface area contributed by atoms with Crippen molar-refractivity contribution in [1.82, 2.24) is 0 Å². The molecule has 0 heterocycles. The van der Waals surface area contributed by atoms with Gasteiger partial charge >= 0.3 is 17.9 Å². The molecule has 0 aromatic carbocycles. The van der Waals surface area contributed by atoms with Crippen molar-refractivity contribution < 1.29 is 28.6 Å². The number of rotatable bonds is 56. The van der Waals surface area contributed by atoms with Gasteiger partial charge in [-0.25, -0.2) is 0 Å². The van der Waals surface area contributed by atoms with Gasteiger partial charge in [-0.1, -0.05) is 311 Å². The van der Waals surface area contributed by atoms with Crippen LogP contribution >= 0.6 is 0 Å². The second-order valence-corrected chi connectivity index (χ2v) is 22.1. The summed E-state index contributed by atoms with van der Waals surface area (Å²) in [4.78, 5) is 38.1. The molecule has 0 aliphatic heterocycles. The predicted molar refractivity (Wildman–Crippen MR) is 293 cm³/mol. The average molecular weight is 962 g/mol. The normalized spacial score (nSPS) is 12.4. The summed E-state index contributed by atoms with van der Waals surface area (Å²) in [5.74, 6) is 0.921. The summed E-state index contributed by atoms with van der Waals surface area (Å²) in [6.45, 7) is 11.5. The summed E-state index contributed by atoms with van der Waals surface area (Å²) >= 11 is 0. The van der Waals surface area contributed by atoms with E-state index < -0.39 is 6.10 Å². The molecule has 6 heteroatoms. The van der Waals surface area contributed by atoms with E-state index in [-0.39, 0.29) is 31.1 Å². The van der Waals surface area contributed by atoms with Gasteiger partial charge in [0.05, 0.1) is 0 Å². The van der Waals surface area contributed by atoms with Gasteiger partial charge in [-0.05, 0) is 31.1 Å². The van der Waals surface area contributed by atoms with Crippen molar-refractivity contribution >= 4 is 17.9 Å². The lowest BCUT2D eigenvalue weighted by Crippen LogP contribution is -2.30. The van der Waals surface area contributed by atoms with Gasteiger partial charge in [0, 0.05) is 19.3 Å². The van der Waals surface area contributed by atoms with Gasteiger partial charge < -0.3 is 14.2 Å². The summed E-state index contributed by atoms with van der Waals surface area (Å²) in [6.07, 6.45) is 59.6. The maximum Gasteiger partial charge on any atom is 0.306 e. The first-order valence-corrected chi connectivity index (χ1v) is 30.8. The average Bonchev–Trinajstić information content (AvgIpc) is 3.32. The Hall–Kier alpha value is -1.59. The van der Waals surface area contributed by atoms with E-state index in [1.54, 1.807) is 0 Å². The molecule has 0 saturated heterocycles. The molecular formula is C62H120O6. The molecule has 0 rings (SSSR count). The summed E-state index contributed by atoms with van der Waals surface area (Å²) in [7, 11) is 0. The van der Waals surface area contributed by atoms with E-state index in [2.05, 4.69) is 34.6 Å². The summed E-state index contributed by atoms with van der Waals surface area (Å²) < 4.78 is 16.9. The van der Waals surface area contributed by atoms with Gasteiger partial charge in [0.15, 0.2) is 6.10 Å². The first-order valence-electron chi connectivity index (χ1n) is 30.8. The van der Waals surface area contributed by atoms with E-state index in [9.17, 15) is 14.4 Å². The Kier molecular flexibility index (Phi) is 53.5. The van der Waals surface area contributed by atoms with Crippen LogP contribution in [-0.2, 0) is 28.6 Å². The maximum absolute atomic E-state index is 12.9. The minimum atomic E-state index is -0.762. The van der Waals surface area contributed by atoms with Gasteiger partial charge in [-0.15, -0.1) is 0 Å². The number of ether oxygens (including phenoxy) is 3. The van der Waals surface area contributed by atoms with E-state index in [0.29, 0.717) is 19.3 Å². The van der Waals surface area contributed by atoms with Crippen molar-refractivity contribution in [3.05, 3.63) is 0 Å². The third kappa shape index (κ3) is 53.8. The van der Waals surface area contributed by atoms with Crippen LogP contribution in [0.15, 0.2) is 0 Å². The van der Waals surface area contributed by atoms with Crippen molar-refractivity contribution in [3.63, 3.8) is 0 Å². The molecule has 0 aliphatic rings. The van der Waals surface area contributed by atoms with E-state index in [1.807, 2.05) is 0 Å². The number of carbonyl (C=O) groups excluding carboxylic acids is 3. The van der Waals surface area contributed by atoms with Crippen molar-refractivity contribution in [2.24, 2.45) is 11.8 Å². The van der Waals surface area contributed by atoms with Gasteiger partial charge in [-0.3, -0.25) is 14.4 Å². The van der Waals surface area contributed by atoms with Crippen molar-refractivity contribution in [2.75, 3.05) is 13.2 Å². The fourth-order valence-electron chi connectivity index (χ4n) is 9.55. The third-order valence-corrected chi connectivity index (χ3v) is 14.6. The van der Waals surface area contributed by atoms with Gasteiger partial charge in [0.2, 0.25) is 0 Å². The Balaban J connectivity index is 4.19. The van der Waals surface area contributed by atoms with Gasteiger partial charge in [-0.2, -0.15) is 0 Å². The number of hydrogen-bond donors (Lipinski definition) is 0. The van der Waals surface area contributed by atoms with Crippen LogP contribution in [0.1, 0.15) is 349 Å². The Bertz CT molecular complexity index is 1040. The lowest BCUT2D eigenvalue weighted by Gasteiger charge is -2.18. The smallest absolute Gasteiger partial charge is 0.306 e. The minimum absolute atomic E-state index is 0.0622. The van der Waals surface area contributed by atoms with Crippen LogP contribution in [0.3, 0.4) is 0 Å². The summed E-state index contributed by atoms with van der Waals surface area (Å²) in [5, 5.41) is 0. The molecule has 6 nitrogen and oxygen atoms in total. The fourth-order valence-corrected chi connectivity index (χ4v) is 9.55. The number of hydrogen-bond acceptors (Lipinski definition) is 6. The quantitative estimate of drug-likeness (QED) is 0.0343. The molecule has 0 fully saturated rings. The molecule has 2 atom stereocenters. The fraction of sp³-hybridized carbons (Fsp3) is 0.952. The van der Waals surface area contributed by atoms with E-state index in [1.165, 1.54) is 238 Å².